The molecule has 0 heterocycles. The van der Waals surface area contributed by atoms with Crippen LogP contribution in [0.5, 0.6) is 0 Å². The Morgan fingerprint density at radius 1 is 1.47 bits per heavy atom. The van der Waals surface area contributed by atoms with Crippen LogP contribution in [0.4, 0.5) is 0 Å². The second-order valence-corrected chi connectivity index (χ2v) is 6.59. The van der Waals surface area contributed by atoms with Crippen molar-refractivity contribution in [1.29, 1.82) is 0 Å². The first-order valence-corrected chi connectivity index (χ1v) is 7.09. The van der Waals surface area contributed by atoms with E-state index in [1.807, 2.05) is 11.8 Å². The van der Waals surface area contributed by atoms with Crippen molar-refractivity contribution in [2.75, 3.05) is 12.4 Å². The predicted octanol–water partition coefficient (Wildman–Crippen LogP) is 5.02. The molecule has 15 heavy (non-hydrogen) atoms. The fourth-order valence-electron chi connectivity index (χ4n) is 1.10. The highest BCUT2D eigenvalue weighted by Crippen LogP contribution is 2.34. The molecule has 0 saturated carbocycles. The molecule has 0 aromatic rings. The summed E-state index contributed by atoms with van der Waals surface area (Å²) in [7, 11) is 0. The third kappa shape index (κ3) is 7.42. The van der Waals surface area contributed by atoms with Crippen molar-refractivity contribution in [3.05, 3.63) is 11.5 Å². The Morgan fingerprint density at radius 2 is 2.07 bits per heavy atom. The highest BCUT2D eigenvalue weighted by Gasteiger charge is 2.22. The monoisotopic (exact) mass is 294 g/mol. The zero-order valence-electron chi connectivity index (χ0n) is 10.3. The summed E-state index contributed by atoms with van der Waals surface area (Å²) in [5.74, 6) is 1.97. The van der Waals surface area contributed by atoms with Gasteiger partial charge in [0.15, 0.2) is 0 Å². The molecule has 0 saturated heterocycles. The molecule has 0 N–H and O–H groups in total. The smallest absolute Gasteiger partial charge is 0.0988 e. The van der Waals surface area contributed by atoms with Crippen molar-refractivity contribution < 1.29 is 3.83 Å². The molecule has 0 rings (SSSR count). The van der Waals surface area contributed by atoms with Gasteiger partial charge in [0.25, 0.3) is 0 Å². The lowest BCUT2D eigenvalue weighted by molar-refractivity contribution is 0.266. The van der Waals surface area contributed by atoms with Crippen LogP contribution in [0.2, 0.25) is 0 Å². The van der Waals surface area contributed by atoms with Crippen molar-refractivity contribution >= 4 is 28.0 Å². The van der Waals surface area contributed by atoms with Gasteiger partial charge in [0.05, 0.1) is 22.9 Å². The first-order valence-electron chi connectivity index (χ1n) is 5.46. The van der Waals surface area contributed by atoms with Crippen molar-refractivity contribution in [2.45, 2.75) is 40.5 Å². The van der Waals surface area contributed by atoms with E-state index in [1.54, 1.807) is 0 Å². The van der Waals surface area contributed by atoms with Crippen LogP contribution in [0.25, 0.3) is 0 Å². The van der Waals surface area contributed by atoms with Crippen molar-refractivity contribution in [1.82, 2.24) is 0 Å². The molecule has 1 nitrogen and oxygen atoms in total. The highest BCUT2D eigenvalue weighted by atomic mass is 79.9. The first-order chi connectivity index (χ1) is 6.90. The van der Waals surface area contributed by atoms with Crippen LogP contribution < -0.4 is 0 Å². The van der Waals surface area contributed by atoms with Gasteiger partial charge in [-0.05, 0) is 23.0 Å². The molecule has 0 bridgehead atoms. The molecule has 90 valence electrons. The van der Waals surface area contributed by atoms with Gasteiger partial charge in [-0.25, -0.2) is 0 Å². The lowest BCUT2D eigenvalue weighted by atomic mass is 9.95. The largest absolute Gasteiger partial charge is 0.307 e. The Morgan fingerprint density at radius 3 is 2.53 bits per heavy atom. The summed E-state index contributed by atoms with van der Waals surface area (Å²) in [6.07, 6.45) is 2.57. The van der Waals surface area contributed by atoms with E-state index in [-0.39, 0.29) is 5.41 Å². The summed E-state index contributed by atoms with van der Waals surface area (Å²) in [4.78, 5) is 1.21. The molecule has 0 aromatic carbocycles. The van der Waals surface area contributed by atoms with Crippen LogP contribution in [-0.2, 0) is 3.83 Å². The third-order valence-electron chi connectivity index (χ3n) is 2.37. The molecule has 0 amide bonds. The van der Waals surface area contributed by atoms with Crippen molar-refractivity contribution in [3.63, 3.8) is 0 Å². The predicted molar refractivity (Wildman–Crippen MR) is 74.3 cm³/mol. The van der Waals surface area contributed by atoms with Crippen LogP contribution in [-0.4, -0.2) is 12.4 Å². The molecule has 0 spiro atoms. The lowest BCUT2D eigenvalue weighted by Gasteiger charge is -2.25. The van der Waals surface area contributed by atoms with E-state index in [1.165, 1.54) is 23.5 Å². The molecule has 0 radical (unpaired) electrons. The SMILES string of the molecule is C=C(SCCCC(C)C)C(C)(C)COBr. The van der Waals surface area contributed by atoms with E-state index in [9.17, 15) is 0 Å². The van der Waals surface area contributed by atoms with E-state index in [2.05, 4.69) is 50.5 Å². The molecular weight excluding hydrogens is 272 g/mol. The van der Waals surface area contributed by atoms with Crippen LogP contribution in [0, 0.1) is 11.3 Å². The summed E-state index contributed by atoms with van der Waals surface area (Å²) in [5.41, 5.74) is 0.0476. The number of halogens is 1. The van der Waals surface area contributed by atoms with Crippen LogP contribution in [0.3, 0.4) is 0 Å². The number of hydrogen-bond donors (Lipinski definition) is 0. The molecule has 0 fully saturated rings. The Kier molecular flexibility index (Phi) is 8.02. The Labute approximate surface area is 107 Å². The normalized spacial score (nSPS) is 12.1. The molecule has 0 aliphatic carbocycles. The zero-order valence-corrected chi connectivity index (χ0v) is 12.7. The summed E-state index contributed by atoms with van der Waals surface area (Å²) >= 11 is 4.87. The van der Waals surface area contributed by atoms with Crippen molar-refractivity contribution in [2.24, 2.45) is 11.3 Å². The van der Waals surface area contributed by atoms with Gasteiger partial charge < -0.3 is 3.83 Å². The minimum atomic E-state index is 0.0476. The molecular formula is C12H23BrOS. The summed E-state index contributed by atoms with van der Waals surface area (Å²) in [6.45, 7) is 13.6. The Hall–Kier alpha value is 0.530. The second-order valence-electron chi connectivity index (χ2n) is 4.95. The maximum atomic E-state index is 5.01. The minimum absolute atomic E-state index is 0.0476. The average Bonchev–Trinajstić information content (AvgIpc) is 2.11. The van der Waals surface area contributed by atoms with Gasteiger partial charge in [-0.3, -0.25) is 0 Å². The number of rotatable bonds is 8. The van der Waals surface area contributed by atoms with Gasteiger partial charge in [0.1, 0.15) is 0 Å². The molecule has 3 heteroatoms. The quantitative estimate of drug-likeness (QED) is 0.581. The van der Waals surface area contributed by atoms with Gasteiger partial charge in [-0.2, -0.15) is 0 Å². The molecule has 0 unspecified atom stereocenters. The van der Waals surface area contributed by atoms with E-state index in [0.29, 0.717) is 6.61 Å². The second kappa shape index (κ2) is 7.75. The minimum Gasteiger partial charge on any atom is -0.307 e. The van der Waals surface area contributed by atoms with Crippen LogP contribution in [0.1, 0.15) is 40.5 Å². The third-order valence-corrected chi connectivity index (χ3v) is 4.00. The van der Waals surface area contributed by atoms with Crippen LogP contribution >= 0.6 is 28.0 Å². The molecule has 0 aliphatic heterocycles. The number of hydrogen-bond acceptors (Lipinski definition) is 2. The lowest BCUT2D eigenvalue weighted by Crippen LogP contribution is -2.18. The van der Waals surface area contributed by atoms with E-state index in [4.69, 9.17) is 3.83 Å². The first kappa shape index (κ1) is 15.5. The molecule has 0 aromatic heterocycles. The number of thioether (sulfide) groups is 1. The molecule has 0 atom stereocenters. The summed E-state index contributed by atoms with van der Waals surface area (Å²) in [6, 6.07) is 0. The fraction of sp³-hybridized carbons (Fsp3) is 0.833. The fourth-order valence-corrected chi connectivity index (χ4v) is 2.68. The summed E-state index contributed by atoms with van der Waals surface area (Å²) < 4.78 is 5.01. The van der Waals surface area contributed by atoms with Gasteiger partial charge in [-0.15, -0.1) is 11.8 Å². The van der Waals surface area contributed by atoms with Crippen molar-refractivity contribution in [3.8, 4) is 0 Å². The van der Waals surface area contributed by atoms with Gasteiger partial charge in [0.2, 0.25) is 0 Å². The Bertz CT molecular complexity index is 190. The summed E-state index contributed by atoms with van der Waals surface area (Å²) in [5, 5.41) is 0. The van der Waals surface area contributed by atoms with Gasteiger partial charge >= 0.3 is 0 Å². The van der Waals surface area contributed by atoms with E-state index >= 15 is 0 Å². The average molecular weight is 295 g/mol. The Balaban J connectivity index is 3.73. The molecule has 0 aliphatic rings. The van der Waals surface area contributed by atoms with E-state index < -0.39 is 0 Å². The van der Waals surface area contributed by atoms with Gasteiger partial charge in [0, 0.05) is 5.41 Å². The highest BCUT2D eigenvalue weighted by molar-refractivity contribution is 9.06. The zero-order chi connectivity index (χ0) is 11.9. The standard InChI is InChI=1S/C12H23BrOS/c1-10(2)7-6-8-15-11(3)12(4,5)9-14-13/h10H,3,6-9H2,1-2,4-5H3. The van der Waals surface area contributed by atoms with Crippen LogP contribution in [0.15, 0.2) is 11.5 Å². The van der Waals surface area contributed by atoms with Gasteiger partial charge in [-0.1, -0.05) is 40.7 Å². The van der Waals surface area contributed by atoms with E-state index in [0.717, 1.165) is 5.92 Å². The topological polar surface area (TPSA) is 9.23 Å². The maximum absolute atomic E-state index is 5.01. The maximum Gasteiger partial charge on any atom is 0.0988 e.